The quantitative estimate of drug-likeness (QED) is 0.827. The maximum absolute atomic E-state index is 8.72. The van der Waals surface area contributed by atoms with E-state index in [4.69, 9.17) is 10.00 Å². The summed E-state index contributed by atoms with van der Waals surface area (Å²) in [6.07, 6.45) is 1.17. The highest BCUT2D eigenvalue weighted by molar-refractivity contribution is 9.10. The Bertz CT molecular complexity index is 357. The topological polar surface area (TPSA) is 33.0 Å². The Hall–Kier alpha value is -1.01. The van der Waals surface area contributed by atoms with Gasteiger partial charge in [0.15, 0.2) is 0 Å². The van der Waals surface area contributed by atoms with E-state index in [0.29, 0.717) is 5.56 Å². The van der Waals surface area contributed by atoms with E-state index in [0.717, 1.165) is 16.6 Å². The molecule has 0 saturated heterocycles. The Kier molecular flexibility index (Phi) is 3.97. The Labute approximate surface area is 92.6 Å². The standard InChI is InChI=1S/C11H12BrNO/c1-3-8(2)14-10-5-4-9(7-13)11(12)6-10/h4-6,8H,3H2,1-2H3. The molecular formula is C11H12BrNO. The predicted octanol–water partition coefficient (Wildman–Crippen LogP) is 3.50. The van der Waals surface area contributed by atoms with E-state index in [-0.39, 0.29) is 6.10 Å². The summed E-state index contributed by atoms with van der Waals surface area (Å²) < 4.78 is 6.38. The summed E-state index contributed by atoms with van der Waals surface area (Å²) in [5.41, 5.74) is 0.626. The Morgan fingerprint density at radius 1 is 1.57 bits per heavy atom. The number of halogens is 1. The van der Waals surface area contributed by atoms with E-state index in [2.05, 4.69) is 28.9 Å². The Balaban J connectivity index is 2.82. The molecule has 14 heavy (non-hydrogen) atoms. The predicted molar refractivity (Wildman–Crippen MR) is 59.2 cm³/mol. The van der Waals surface area contributed by atoms with Crippen molar-refractivity contribution in [2.24, 2.45) is 0 Å². The lowest BCUT2D eigenvalue weighted by Gasteiger charge is -2.12. The summed E-state index contributed by atoms with van der Waals surface area (Å²) in [7, 11) is 0. The van der Waals surface area contributed by atoms with Gasteiger partial charge >= 0.3 is 0 Å². The van der Waals surface area contributed by atoms with Crippen LogP contribution in [0.2, 0.25) is 0 Å². The summed E-state index contributed by atoms with van der Waals surface area (Å²) in [5, 5.41) is 8.72. The number of benzene rings is 1. The van der Waals surface area contributed by atoms with Crippen molar-refractivity contribution in [2.45, 2.75) is 26.4 Å². The highest BCUT2D eigenvalue weighted by Crippen LogP contribution is 2.23. The van der Waals surface area contributed by atoms with Crippen molar-refractivity contribution in [1.29, 1.82) is 5.26 Å². The SMILES string of the molecule is CCC(C)Oc1ccc(C#N)c(Br)c1. The Morgan fingerprint density at radius 2 is 2.29 bits per heavy atom. The fourth-order valence-electron chi connectivity index (χ4n) is 0.975. The van der Waals surface area contributed by atoms with Crippen molar-refractivity contribution < 1.29 is 4.74 Å². The third-order valence-electron chi connectivity index (χ3n) is 1.97. The molecule has 0 radical (unpaired) electrons. The minimum Gasteiger partial charge on any atom is -0.491 e. The molecule has 1 rings (SSSR count). The van der Waals surface area contributed by atoms with Gasteiger partial charge in [0, 0.05) is 4.47 Å². The van der Waals surface area contributed by atoms with Crippen LogP contribution in [0, 0.1) is 11.3 Å². The van der Waals surface area contributed by atoms with Crippen LogP contribution >= 0.6 is 15.9 Å². The summed E-state index contributed by atoms with van der Waals surface area (Å²) in [5.74, 6) is 0.797. The Morgan fingerprint density at radius 3 is 2.79 bits per heavy atom. The van der Waals surface area contributed by atoms with Crippen molar-refractivity contribution in [2.75, 3.05) is 0 Å². The number of ether oxygens (including phenoxy) is 1. The molecular weight excluding hydrogens is 242 g/mol. The van der Waals surface area contributed by atoms with Crippen molar-refractivity contribution in [1.82, 2.24) is 0 Å². The molecule has 0 aliphatic carbocycles. The lowest BCUT2D eigenvalue weighted by molar-refractivity contribution is 0.217. The molecule has 74 valence electrons. The summed E-state index contributed by atoms with van der Waals surface area (Å²) >= 11 is 3.32. The molecule has 0 aliphatic heterocycles. The second-order valence-corrected chi connectivity index (χ2v) is 3.94. The number of nitrogens with zero attached hydrogens (tertiary/aromatic N) is 1. The highest BCUT2D eigenvalue weighted by atomic mass is 79.9. The summed E-state index contributed by atoms with van der Waals surface area (Å²) in [6, 6.07) is 7.48. The van der Waals surface area contributed by atoms with Crippen LogP contribution in [0.15, 0.2) is 22.7 Å². The molecule has 0 spiro atoms. The van der Waals surface area contributed by atoms with Crippen LogP contribution in [0.5, 0.6) is 5.75 Å². The first-order valence-electron chi connectivity index (χ1n) is 4.53. The molecule has 3 heteroatoms. The van der Waals surface area contributed by atoms with E-state index in [1.54, 1.807) is 6.07 Å². The average Bonchev–Trinajstić information content (AvgIpc) is 2.18. The zero-order valence-corrected chi connectivity index (χ0v) is 9.84. The number of hydrogen-bond acceptors (Lipinski definition) is 2. The molecule has 0 heterocycles. The molecule has 1 unspecified atom stereocenters. The average molecular weight is 254 g/mol. The van der Waals surface area contributed by atoms with Crippen LogP contribution in [-0.2, 0) is 0 Å². The van der Waals surface area contributed by atoms with E-state index < -0.39 is 0 Å². The van der Waals surface area contributed by atoms with Crippen molar-refractivity contribution in [3.63, 3.8) is 0 Å². The van der Waals surface area contributed by atoms with E-state index >= 15 is 0 Å². The van der Waals surface area contributed by atoms with Gasteiger partial charge in [0.25, 0.3) is 0 Å². The van der Waals surface area contributed by atoms with Gasteiger partial charge in [-0.25, -0.2) is 0 Å². The lowest BCUT2D eigenvalue weighted by Crippen LogP contribution is -2.09. The molecule has 1 aromatic rings. The molecule has 0 amide bonds. The van der Waals surface area contributed by atoms with Crippen LogP contribution in [0.4, 0.5) is 0 Å². The third-order valence-corrected chi connectivity index (χ3v) is 2.63. The summed E-state index contributed by atoms with van der Waals surface area (Å²) in [6.45, 7) is 4.09. The second-order valence-electron chi connectivity index (χ2n) is 3.09. The second kappa shape index (κ2) is 5.02. The molecule has 0 saturated carbocycles. The van der Waals surface area contributed by atoms with Crippen LogP contribution < -0.4 is 4.74 Å². The largest absolute Gasteiger partial charge is 0.491 e. The number of rotatable bonds is 3. The van der Waals surface area contributed by atoms with Crippen molar-refractivity contribution >= 4 is 15.9 Å². The van der Waals surface area contributed by atoms with Crippen LogP contribution in [0.3, 0.4) is 0 Å². The lowest BCUT2D eigenvalue weighted by atomic mass is 10.2. The molecule has 1 aromatic carbocycles. The number of nitriles is 1. The van der Waals surface area contributed by atoms with Crippen LogP contribution in [0.1, 0.15) is 25.8 Å². The normalized spacial score (nSPS) is 11.9. The van der Waals surface area contributed by atoms with Gasteiger partial charge in [-0.2, -0.15) is 5.26 Å². The molecule has 0 fully saturated rings. The first-order chi connectivity index (χ1) is 6.67. The molecule has 0 aliphatic rings. The van der Waals surface area contributed by atoms with Gasteiger partial charge in [-0.05, 0) is 47.5 Å². The third kappa shape index (κ3) is 2.74. The zero-order valence-electron chi connectivity index (χ0n) is 8.25. The van der Waals surface area contributed by atoms with Gasteiger partial charge in [-0.1, -0.05) is 6.92 Å². The highest BCUT2D eigenvalue weighted by Gasteiger charge is 2.04. The first kappa shape index (κ1) is 11.1. The van der Waals surface area contributed by atoms with Gasteiger partial charge in [0.1, 0.15) is 11.8 Å². The van der Waals surface area contributed by atoms with E-state index in [1.165, 1.54) is 0 Å². The first-order valence-corrected chi connectivity index (χ1v) is 5.33. The monoisotopic (exact) mass is 253 g/mol. The molecule has 1 atom stereocenters. The maximum atomic E-state index is 8.72. The van der Waals surface area contributed by atoms with E-state index in [9.17, 15) is 0 Å². The minimum atomic E-state index is 0.204. The van der Waals surface area contributed by atoms with Crippen molar-refractivity contribution in [3.8, 4) is 11.8 Å². The van der Waals surface area contributed by atoms with E-state index in [1.807, 2.05) is 19.1 Å². The minimum absolute atomic E-state index is 0.204. The molecule has 0 aromatic heterocycles. The van der Waals surface area contributed by atoms with Crippen LogP contribution in [0.25, 0.3) is 0 Å². The van der Waals surface area contributed by atoms with Crippen LogP contribution in [-0.4, -0.2) is 6.10 Å². The van der Waals surface area contributed by atoms with Gasteiger partial charge in [0.05, 0.1) is 11.7 Å². The molecule has 2 nitrogen and oxygen atoms in total. The summed E-state index contributed by atoms with van der Waals surface area (Å²) in [4.78, 5) is 0. The molecule has 0 N–H and O–H groups in total. The van der Waals surface area contributed by atoms with Gasteiger partial charge < -0.3 is 4.74 Å². The maximum Gasteiger partial charge on any atom is 0.120 e. The zero-order chi connectivity index (χ0) is 10.6. The smallest absolute Gasteiger partial charge is 0.120 e. The fourth-order valence-corrected chi connectivity index (χ4v) is 1.42. The van der Waals surface area contributed by atoms with Gasteiger partial charge in [-0.3, -0.25) is 0 Å². The van der Waals surface area contributed by atoms with Crippen molar-refractivity contribution in [3.05, 3.63) is 28.2 Å². The fraction of sp³-hybridized carbons (Fsp3) is 0.364. The van der Waals surface area contributed by atoms with Gasteiger partial charge in [0.2, 0.25) is 0 Å². The van der Waals surface area contributed by atoms with Gasteiger partial charge in [-0.15, -0.1) is 0 Å². The number of hydrogen-bond donors (Lipinski definition) is 0. The molecule has 0 bridgehead atoms.